The molecule has 1 N–H and O–H groups in total. The molecule has 0 saturated carbocycles. The van der Waals surface area contributed by atoms with Crippen molar-refractivity contribution in [1.29, 1.82) is 0 Å². The molecule has 2 aliphatic heterocycles. The first-order valence-electron chi connectivity index (χ1n) is 8.78. The molecule has 0 unspecified atom stereocenters. The van der Waals surface area contributed by atoms with Crippen LogP contribution in [0.25, 0.3) is 0 Å². The second-order valence-electron chi connectivity index (χ2n) is 6.71. The van der Waals surface area contributed by atoms with Crippen LogP contribution >= 0.6 is 0 Å². The van der Waals surface area contributed by atoms with E-state index in [4.69, 9.17) is 4.98 Å². The molecular formula is C17H24N6O. The Labute approximate surface area is 141 Å². The third-order valence-electron chi connectivity index (χ3n) is 5.15. The van der Waals surface area contributed by atoms with Crippen molar-refractivity contribution < 1.29 is 4.79 Å². The fraction of sp³-hybridized carbons (Fsp3) is 0.588. The van der Waals surface area contributed by atoms with Gasteiger partial charge in [0.25, 0.3) is 5.91 Å². The van der Waals surface area contributed by atoms with Crippen molar-refractivity contribution >= 4 is 5.91 Å². The summed E-state index contributed by atoms with van der Waals surface area (Å²) in [5.41, 5.74) is 3.10. The Morgan fingerprint density at radius 1 is 1.21 bits per heavy atom. The van der Waals surface area contributed by atoms with E-state index < -0.39 is 0 Å². The molecule has 4 rings (SSSR count). The fourth-order valence-electron chi connectivity index (χ4n) is 3.74. The van der Waals surface area contributed by atoms with Crippen LogP contribution in [0.3, 0.4) is 0 Å². The molecule has 0 atom stereocenters. The van der Waals surface area contributed by atoms with E-state index >= 15 is 0 Å². The Morgan fingerprint density at radius 3 is 2.79 bits per heavy atom. The SMILES string of the molecule is Cc1nc2n(c1CN1CCN(C(=O)c3ccn[nH]3)CC1)CCCC2. The molecule has 128 valence electrons. The van der Waals surface area contributed by atoms with Gasteiger partial charge in [-0.25, -0.2) is 4.98 Å². The molecule has 1 saturated heterocycles. The van der Waals surface area contributed by atoms with Crippen LogP contribution in [0.4, 0.5) is 0 Å². The zero-order valence-electron chi connectivity index (χ0n) is 14.2. The van der Waals surface area contributed by atoms with Gasteiger partial charge in [-0.15, -0.1) is 0 Å². The third-order valence-corrected chi connectivity index (χ3v) is 5.15. The van der Waals surface area contributed by atoms with Gasteiger partial charge in [0.1, 0.15) is 11.5 Å². The molecule has 0 aliphatic carbocycles. The maximum atomic E-state index is 12.4. The molecule has 0 radical (unpaired) electrons. The number of imidazole rings is 1. The first kappa shape index (κ1) is 15.4. The van der Waals surface area contributed by atoms with Crippen molar-refractivity contribution in [2.24, 2.45) is 0 Å². The summed E-state index contributed by atoms with van der Waals surface area (Å²) in [6, 6.07) is 1.73. The molecule has 2 aliphatic rings. The molecule has 0 bridgehead atoms. The molecule has 24 heavy (non-hydrogen) atoms. The number of piperazine rings is 1. The van der Waals surface area contributed by atoms with E-state index in [2.05, 4.69) is 26.6 Å². The van der Waals surface area contributed by atoms with E-state index in [1.807, 2.05) is 4.90 Å². The number of hydrogen-bond acceptors (Lipinski definition) is 4. The number of aromatic amines is 1. The van der Waals surface area contributed by atoms with Crippen molar-refractivity contribution in [3.05, 3.63) is 35.2 Å². The Hall–Kier alpha value is -2.15. The molecule has 2 aromatic heterocycles. The fourth-order valence-corrected chi connectivity index (χ4v) is 3.74. The van der Waals surface area contributed by atoms with E-state index in [-0.39, 0.29) is 5.91 Å². The zero-order chi connectivity index (χ0) is 16.5. The van der Waals surface area contributed by atoms with E-state index in [0.717, 1.165) is 45.7 Å². The number of carbonyl (C=O) groups is 1. The van der Waals surface area contributed by atoms with Crippen LogP contribution < -0.4 is 0 Å². The number of H-pyrrole nitrogens is 1. The molecular weight excluding hydrogens is 304 g/mol. The average molecular weight is 328 g/mol. The minimum atomic E-state index is 0.0464. The van der Waals surface area contributed by atoms with Gasteiger partial charge < -0.3 is 9.47 Å². The summed E-state index contributed by atoms with van der Waals surface area (Å²) in [7, 11) is 0. The van der Waals surface area contributed by atoms with E-state index in [9.17, 15) is 4.79 Å². The van der Waals surface area contributed by atoms with Crippen molar-refractivity contribution in [1.82, 2.24) is 29.5 Å². The molecule has 1 fully saturated rings. The number of amides is 1. The summed E-state index contributed by atoms with van der Waals surface area (Å²) in [6.45, 7) is 7.49. The summed E-state index contributed by atoms with van der Waals surface area (Å²) < 4.78 is 2.42. The van der Waals surface area contributed by atoms with Crippen LogP contribution in [0, 0.1) is 6.92 Å². The number of hydrogen-bond donors (Lipinski definition) is 1. The van der Waals surface area contributed by atoms with E-state index in [1.165, 1.54) is 30.1 Å². The molecule has 2 aromatic rings. The lowest BCUT2D eigenvalue weighted by atomic mass is 10.1. The van der Waals surface area contributed by atoms with Gasteiger partial charge in [-0.1, -0.05) is 0 Å². The molecule has 7 nitrogen and oxygen atoms in total. The maximum absolute atomic E-state index is 12.4. The number of nitrogens with zero attached hydrogens (tertiary/aromatic N) is 5. The molecule has 7 heteroatoms. The van der Waals surface area contributed by atoms with Gasteiger partial charge in [0, 0.05) is 51.9 Å². The molecule has 4 heterocycles. The van der Waals surface area contributed by atoms with E-state index in [0.29, 0.717) is 5.69 Å². The molecule has 0 aromatic carbocycles. The van der Waals surface area contributed by atoms with Crippen molar-refractivity contribution in [2.45, 2.75) is 39.3 Å². The zero-order valence-corrected chi connectivity index (χ0v) is 14.2. The minimum absolute atomic E-state index is 0.0464. The lowest BCUT2D eigenvalue weighted by molar-refractivity contribution is 0.0619. The predicted octanol–water partition coefficient (Wildman–Crippen LogP) is 1.21. The normalized spacial score (nSPS) is 18.6. The average Bonchev–Trinajstić information content (AvgIpc) is 3.24. The van der Waals surface area contributed by atoms with Gasteiger partial charge in [-0.3, -0.25) is 14.8 Å². The minimum Gasteiger partial charge on any atom is -0.335 e. The lowest BCUT2D eigenvalue weighted by Crippen LogP contribution is -2.48. The van der Waals surface area contributed by atoms with Gasteiger partial charge in [-0.2, -0.15) is 5.10 Å². The Kier molecular flexibility index (Phi) is 4.10. The lowest BCUT2D eigenvalue weighted by Gasteiger charge is -2.34. The summed E-state index contributed by atoms with van der Waals surface area (Å²) in [4.78, 5) is 21.4. The quantitative estimate of drug-likeness (QED) is 0.919. The number of nitrogens with one attached hydrogen (secondary N) is 1. The highest BCUT2D eigenvalue weighted by molar-refractivity contribution is 5.92. The highest BCUT2D eigenvalue weighted by Gasteiger charge is 2.25. The second-order valence-corrected chi connectivity index (χ2v) is 6.71. The summed E-state index contributed by atoms with van der Waals surface area (Å²) in [5, 5.41) is 6.62. The Balaban J connectivity index is 1.39. The smallest absolute Gasteiger partial charge is 0.271 e. The van der Waals surface area contributed by atoms with Gasteiger partial charge in [0.15, 0.2) is 0 Å². The van der Waals surface area contributed by atoms with Crippen LogP contribution in [-0.2, 0) is 19.5 Å². The first-order valence-corrected chi connectivity index (χ1v) is 8.78. The van der Waals surface area contributed by atoms with Gasteiger partial charge in [0.2, 0.25) is 0 Å². The highest BCUT2D eigenvalue weighted by Crippen LogP contribution is 2.21. The summed E-state index contributed by atoms with van der Waals surface area (Å²) in [5.74, 6) is 1.30. The summed E-state index contributed by atoms with van der Waals surface area (Å²) in [6.07, 6.45) is 5.23. The van der Waals surface area contributed by atoms with Crippen LogP contribution in [0.1, 0.15) is 40.5 Å². The van der Waals surface area contributed by atoms with Gasteiger partial charge in [0.05, 0.1) is 11.4 Å². The number of aryl methyl sites for hydroxylation is 2. The third kappa shape index (κ3) is 2.84. The maximum Gasteiger partial charge on any atom is 0.271 e. The second kappa shape index (κ2) is 6.39. The molecule has 1 amide bonds. The van der Waals surface area contributed by atoms with Crippen LogP contribution in [-0.4, -0.2) is 61.6 Å². The Bertz CT molecular complexity index is 712. The van der Waals surface area contributed by atoms with Crippen molar-refractivity contribution in [3.63, 3.8) is 0 Å². The van der Waals surface area contributed by atoms with Gasteiger partial charge >= 0.3 is 0 Å². The number of fused-ring (bicyclic) bond motifs is 1. The highest BCUT2D eigenvalue weighted by atomic mass is 16.2. The topological polar surface area (TPSA) is 70.1 Å². The monoisotopic (exact) mass is 328 g/mol. The number of rotatable bonds is 3. The predicted molar refractivity (Wildman–Crippen MR) is 89.7 cm³/mol. The summed E-state index contributed by atoms with van der Waals surface area (Å²) >= 11 is 0. The first-order chi connectivity index (χ1) is 11.7. The van der Waals surface area contributed by atoms with Crippen LogP contribution in [0.5, 0.6) is 0 Å². The van der Waals surface area contributed by atoms with Crippen molar-refractivity contribution in [3.8, 4) is 0 Å². The largest absolute Gasteiger partial charge is 0.335 e. The van der Waals surface area contributed by atoms with Crippen LogP contribution in [0.2, 0.25) is 0 Å². The Morgan fingerprint density at radius 2 is 2.04 bits per heavy atom. The number of carbonyl (C=O) groups excluding carboxylic acids is 1. The van der Waals surface area contributed by atoms with Gasteiger partial charge in [-0.05, 0) is 25.8 Å². The number of aromatic nitrogens is 4. The van der Waals surface area contributed by atoms with E-state index in [1.54, 1.807) is 12.3 Å². The molecule has 0 spiro atoms. The standard InChI is InChI=1S/C17H24N6O/c1-13-15(23-7-3-2-4-16(23)19-13)12-21-8-10-22(11-9-21)17(24)14-5-6-18-20-14/h5-6H,2-4,7-12H2,1H3,(H,18,20). The van der Waals surface area contributed by atoms with Crippen molar-refractivity contribution in [2.75, 3.05) is 26.2 Å². The van der Waals surface area contributed by atoms with Crippen LogP contribution in [0.15, 0.2) is 12.3 Å².